The van der Waals surface area contributed by atoms with E-state index in [9.17, 15) is 0 Å². The first kappa shape index (κ1) is 10.2. The number of rotatable bonds is 3. The molecular weight excluding hydrogens is 216 g/mol. The highest BCUT2D eigenvalue weighted by atomic mass is 15.3. The van der Waals surface area contributed by atoms with Crippen molar-refractivity contribution < 1.29 is 0 Å². The van der Waals surface area contributed by atoms with Gasteiger partial charge in [0, 0.05) is 18.5 Å². The fourth-order valence-corrected chi connectivity index (χ4v) is 1.83. The first-order chi connectivity index (χ1) is 8.29. The zero-order chi connectivity index (χ0) is 11.8. The molecule has 1 N–H and O–H groups in total. The highest BCUT2D eigenvalue weighted by Crippen LogP contribution is 2.39. The number of anilines is 1. The van der Waals surface area contributed by atoms with Gasteiger partial charge in [0.1, 0.15) is 24.3 Å². The average molecular weight is 230 g/mol. The SMILES string of the molecule is CNc1nc(C2CC2)nc(-n2cncn2)c1C. The maximum absolute atomic E-state index is 4.59. The summed E-state index contributed by atoms with van der Waals surface area (Å²) in [7, 11) is 1.87. The number of hydrogen-bond acceptors (Lipinski definition) is 5. The third-order valence-electron chi connectivity index (χ3n) is 2.95. The van der Waals surface area contributed by atoms with E-state index in [2.05, 4.69) is 25.4 Å². The molecule has 3 rings (SSSR count). The van der Waals surface area contributed by atoms with Crippen LogP contribution in [0.4, 0.5) is 5.82 Å². The summed E-state index contributed by atoms with van der Waals surface area (Å²) in [5.74, 6) is 3.10. The number of nitrogens with zero attached hydrogens (tertiary/aromatic N) is 5. The van der Waals surface area contributed by atoms with E-state index in [-0.39, 0.29) is 0 Å². The van der Waals surface area contributed by atoms with Crippen LogP contribution in [0.15, 0.2) is 12.7 Å². The van der Waals surface area contributed by atoms with Crippen LogP contribution in [0.2, 0.25) is 0 Å². The van der Waals surface area contributed by atoms with E-state index in [1.807, 2.05) is 14.0 Å². The molecule has 6 nitrogen and oxygen atoms in total. The van der Waals surface area contributed by atoms with Gasteiger partial charge in [0.2, 0.25) is 0 Å². The fourth-order valence-electron chi connectivity index (χ4n) is 1.83. The Balaban J connectivity index is 2.15. The predicted molar refractivity (Wildman–Crippen MR) is 63.2 cm³/mol. The van der Waals surface area contributed by atoms with Crippen molar-refractivity contribution in [3.8, 4) is 5.82 Å². The van der Waals surface area contributed by atoms with Crippen LogP contribution < -0.4 is 5.32 Å². The largest absolute Gasteiger partial charge is 0.373 e. The van der Waals surface area contributed by atoms with Gasteiger partial charge < -0.3 is 5.32 Å². The van der Waals surface area contributed by atoms with Crippen LogP contribution >= 0.6 is 0 Å². The molecule has 2 heterocycles. The van der Waals surface area contributed by atoms with Crippen molar-refractivity contribution in [2.45, 2.75) is 25.7 Å². The lowest BCUT2D eigenvalue weighted by molar-refractivity contribution is 0.800. The van der Waals surface area contributed by atoms with Gasteiger partial charge in [-0.1, -0.05) is 0 Å². The zero-order valence-corrected chi connectivity index (χ0v) is 9.88. The molecule has 88 valence electrons. The van der Waals surface area contributed by atoms with Gasteiger partial charge in [-0.25, -0.2) is 19.6 Å². The molecule has 1 aliphatic carbocycles. The van der Waals surface area contributed by atoms with E-state index in [1.54, 1.807) is 11.0 Å². The van der Waals surface area contributed by atoms with Crippen LogP contribution in [-0.2, 0) is 0 Å². The minimum Gasteiger partial charge on any atom is -0.373 e. The number of nitrogens with one attached hydrogen (secondary N) is 1. The Labute approximate surface area is 99.1 Å². The van der Waals surface area contributed by atoms with Gasteiger partial charge >= 0.3 is 0 Å². The van der Waals surface area contributed by atoms with E-state index >= 15 is 0 Å². The number of hydrogen-bond donors (Lipinski definition) is 1. The lowest BCUT2D eigenvalue weighted by atomic mass is 10.3. The number of aromatic nitrogens is 5. The van der Waals surface area contributed by atoms with Crippen molar-refractivity contribution in [3.63, 3.8) is 0 Å². The van der Waals surface area contributed by atoms with Crippen LogP contribution in [0.5, 0.6) is 0 Å². The van der Waals surface area contributed by atoms with Gasteiger partial charge in [-0.05, 0) is 19.8 Å². The monoisotopic (exact) mass is 230 g/mol. The van der Waals surface area contributed by atoms with E-state index in [4.69, 9.17) is 0 Å². The summed E-state index contributed by atoms with van der Waals surface area (Å²) in [6.45, 7) is 1.99. The maximum Gasteiger partial charge on any atom is 0.163 e. The lowest BCUT2D eigenvalue weighted by Gasteiger charge is -2.11. The summed E-state index contributed by atoms with van der Waals surface area (Å²) >= 11 is 0. The third-order valence-corrected chi connectivity index (χ3v) is 2.95. The smallest absolute Gasteiger partial charge is 0.163 e. The molecule has 6 heteroatoms. The van der Waals surface area contributed by atoms with Gasteiger partial charge in [-0.15, -0.1) is 0 Å². The second-order valence-corrected chi connectivity index (χ2v) is 4.24. The van der Waals surface area contributed by atoms with Crippen LogP contribution in [0, 0.1) is 6.92 Å². The Hall–Kier alpha value is -1.98. The van der Waals surface area contributed by atoms with Crippen LogP contribution in [0.1, 0.15) is 30.1 Å². The van der Waals surface area contributed by atoms with Gasteiger partial charge in [0.15, 0.2) is 5.82 Å². The molecule has 2 aromatic heterocycles. The van der Waals surface area contributed by atoms with Crippen molar-refractivity contribution in [1.29, 1.82) is 0 Å². The molecule has 0 bridgehead atoms. The Morgan fingerprint density at radius 3 is 2.76 bits per heavy atom. The Bertz CT molecular complexity index is 529. The predicted octanol–water partition coefficient (Wildman–Crippen LogP) is 1.28. The molecule has 0 spiro atoms. The molecule has 1 fully saturated rings. The molecular formula is C11H14N6. The van der Waals surface area contributed by atoms with Crippen molar-refractivity contribution in [2.75, 3.05) is 12.4 Å². The molecule has 1 aliphatic rings. The van der Waals surface area contributed by atoms with E-state index < -0.39 is 0 Å². The Morgan fingerprint density at radius 1 is 1.35 bits per heavy atom. The topological polar surface area (TPSA) is 68.5 Å². The maximum atomic E-state index is 4.59. The van der Waals surface area contributed by atoms with E-state index in [1.165, 1.54) is 19.2 Å². The molecule has 0 amide bonds. The van der Waals surface area contributed by atoms with Gasteiger partial charge in [0.25, 0.3) is 0 Å². The van der Waals surface area contributed by atoms with Crippen LogP contribution in [0.3, 0.4) is 0 Å². The van der Waals surface area contributed by atoms with Crippen molar-refractivity contribution in [3.05, 3.63) is 24.0 Å². The Morgan fingerprint density at radius 2 is 2.18 bits per heavy atom. The van der Waals surface area contributed by atoms with Crippen molar-refractivity contribution >= 4 is 5.82 Å². The summed E-state index contributed by atoms with van der Waals surface area (Å²) < 4.78 is 1.68. The molecule has 2 aromatic rings. The van der Waals surface area contributed by atoms with Crippen LogP contribution in [0.25, 0.3) is 5.82 Å². The molecule has 0 radical (unpaired) electrons. The molecule has 0 saturated heterocycles. The summed E-state index contributed by atoms with van der Waals surface area (Å²) in [5.41, 5.74) is 0.988. The highest BCUT2D eigenvalue weighted by molar-refractivity contribution is 5.51. The first-order valence-corrected chi connectivity index (χ1v) is 5.71. The standard InChI is InChI=1S/C11H14N6/c1-7-9(12-2)15-10(8-3-4-8)16-11(7)17-6-13-5-14-17/h5-6,8H,3-4H2,1-2H3,(H,12,15,16). The zero-order valence-electron chi connectivity index (χ0n) is 9.88. The molecule has 17 heavy (non-hydrogen) atoms. The molecule has 0 aromatic carbocycles. The van der Waals surface area contributed by atoms with Gasteiger partial charge in [0.05, 0.1) is 0 Å². The third kappa shape index (κ3) is 1.75. The Kier molecular flexibility index (Phi) is 2.28. The average Bonchev–Trinajstić information content (AvgIpc) is 3.05. The van der Waals surface area contributed by atoms with Gasteiger partial charge in [-0.2, -0.15) is 5.10 Å². The first-order valence-electron chi connectivity index (χ1n) is 5.71. The molecule has 0 unspecified atom stereocenters. The normalized spacial score (nSPS) is 14.9. The minimum absolute atomic E-state index is 0.518. The minimum atomic E-state index is 0.518. The molecule has 0 atom stereocenters. The second kappa shape index (κ2) is 3.80. The van der Waals surface area contributed by atoms with E-state index in [0.29, 0.717) is 5.92 Å². The quantitative estimate of drug-likeness (QED) is 0.860. The van der Waals surface area contributed by atoms with Crippen LogP contribution in [-0.4, -0.2) is 31.8 Å². The molecule has 0 aliphatic heterocycles. The second-order valence-electron chi connectivity index (χ2n) is 4.24. The summed E-state index contributed by atoms with van der Waals surface area (Å²) in [6.07, 6.45) is 5.54. The lowest BCUT2D eigenvalue weighted by Crippen LogP contribution is -2.09. The highest BCUT2D eigenvalue weighted by Gasteiger charge is 2.28. The molecule has 1 saturated carbocycles. The van der Waals surface area contributed by atoms with E-state index in [0.717, 1.165) is 23.0 Å². The van der Waals surface area contributed by atoms with Crippen molar-refractivity contribution in [1.82, 2.24) is 24.7 Å². The summed E-state index contributed by atoms with van der Waals surface area (Å²) in [5, 5.41) is 7.24. The fraction of sp³-hybridized carbons (Fsp3) is 0.455. The van der Waals surface area contributed by atoms with Crippen molar-refractivity contribution in [2.24, 2.45) is 0 Å². The summed E-state index contributed by atoms with van der Waals surface area (Å²) in [4.78, 5) is 13.1. The summed E-state index contributed by atoms with van der Waals surface area (Å²) in [6, 6.07) is 0. The van der Waals surface area contributed by atoms with Gasteiger partial charge in [-0.3, -0.25) is 0 Å².